The molecule has 0 spiro atoms. The van der Waals surface area contributed by atoms with E-state index in [9.17, 15) is 8.42 Å². The summed E-state index contributed by atoms with van der Waals surface area (Å²) in [7, 11) is 0.835. The largest absolute Gasteiger partial charge is 0.363 e. The van der Waals surface area contributed by atoms with Crippen LogP contribution in [0.2, 0.25) is 0 Å². The van der Waals surface area contributed by atoms with Crippen molar-refractivity contribution in [3.63, 3.8) is 0 Å². The normalized spacial score (nSPS) is 19.7. The van der Waals surface area contributed by atoms with Crippen LogP contribution in [0.1, 0.15) is 0 Å². The van der Waals surface area contributed by atoms with Gasteiger partial charge in [0.05, 0.1) is 11.5 Å². The van der Waals surface area contributed by atoms with Crippen LogP contribution in [0.4, 0.5) is 0 Å². The van der Waals surface area contributed by atoms with Crippen LogP contribution < -0.4 is 0 Å². The first-order valence-corrected chi connectivity index (χ1v) is 6.74. The molecule has 0 fully saturated rings. The zero-order valence-corrected chi connectivity index (χ0v) is 9.93. The quantitative estimate of drug-likeness (QED) is 0.633. The van der Waals surface area contributed by atoms with E-state index in [-0.39, 0.29) is 11.5 Å². The summed E-state index contributed by atoms with van der Waals surface area (Å²) in [5.41, 5.74) is 0. The standard InChI is InChI=1S/C7H11NO2S3/c1-8(2)7(11)12-6-3-4-13(9,10)5-6/h3H,4-5H2,1-2H3. The Kier molecular flexibility index (Phi) is 3.37. The molecule has 0 saturated carbocycles. The summed E-state index contributed by atoms with van der Waals surface area (Å²) in [6.07, 6.45) is 1.73. The van der Waals surface area contributed by atoms with E-state index in [0.29, 0.717) is 4.32 Å². The molecule has 1 aliphatic heterocycles. The molecule has 0 atom stereocenters. The minimum atomic E-state index is -2.86. The van der Waals surface area contributed by atoms with E-state index in [1.165, 1.54) is 11.8 Å². The molecule has 0 aliphatic carbocycles. The van der Waals surface area contributed by atoms with Crippen molar-refractivity contribution in [2.24, 2.45) is 0 Å². The Hall–Kier alpha value is -0.0700. The summed E-state index contributed by atoms with van der Waals surface area (Å²) >= 11 is 6.40. The number of hydrogen-bond acceptors (Lipinski definition) is 4. The van der Waals surface area contributed by atoms with E-state index in [1.54, 1.807) is 11.0 Å². The van der Waals surface area contributed by atoms with E-state index >= 15 is 0 Å². The van der Waals surface area contributed by atoms with Gasteiger partial charge in [-0.15, -0.1) is 0 Å². The van der Waals surface area contributed by atoms with Crippen molar-refractivity contribution in [3.05, 3.63) is 11.0 Å². The van der Waals surface area contributed by atoms with Crippen LogP contribution in [0.3, 0.4) is 0 Å². The summed E-state index contributed by atoms with van der Waals surface area (Å²) in [6, 6.07) is 0. The van der Waals surface area contributed by atoms with E-state index < -0.39 is 9.84 Å². The third-order valence-electron chi connectivity index (χ3n) is 1.51. The maximum Gasteiger partial charge on any atom is 0.158 e. The predicted octanol–water partition coefficient (Wildman–Crippen LogP) is 0.878. The number of rotatable bonds is 1. The Bertz CT molecular complexity index is 343. The lowest BCUT2D eigenvalue weighted by molar-refractivity contribution is 0.603. The molecule has 0 radical (unpaired) electrons. The van der Waals surface area contributed by atoms with Crippen LogP contribution in [-0.2, 0) is 9.84 Å². The van der Waals surface area contributed by atoms with Crippen LogP contribution in [0.25, 0.3) is 0 Å². The molecule has 0 N–H and O–H groups in total. The van der Waals surface area contributed by atoms with Gasteiger partial charge in [0.25, 0.3) is 0 Å². The summed E-state index contributed by atoms with van der Waals surface area (Å²) in [4.78, 5) is 2.64. The fourth-order valence-electron chi connectivity index (χ4n) is 0.829. The number of hydrogen-bond donors (Lipinski definition) is 0. The van der Waals surface area contributed by atoms with Gasteiger partial charge in [0, 0.05) is 19.0 Å². The van der Waals surface area contributed by atoms with E-state index in [1.807, 2.05) is 14.1 Å². The average Bonchev–Trinajstić information content (AvgIpc) is 2.30. The van der Waals surface area contributed by atoms with Crippen molar-refractivity contribution in [1.29, 1.82) is 0 Å². The second kappa shape index (κ2) is 3.98. The first-order chi connectivity index (χ1) is 5.91. The highest BCUT2D eigenvalue weighted by Gasteiger charge is 2.21. The van der Waals surface area contributed by atoms with E-state index in [0.717, 1.165) is 4.91 Å². The van der Waals surface area contributed by atoms with Crippen LogP contribution in [0, 0.1) is 0 Å². The van der Waals surface area contributed by atoms with Crippen molar-refractivity contribution in [2.45, 2.75) is 0 Å². The van der Waals surface area contributed by atoms with Gasteiger partial charge in [-0.2, -0.15) is 0 Å². The van der Waals surface area contributed by atoms with Gasteiger partial charge in [-0.3, -0.25) is 0 Å². The van der Waals surface area contributed by atoms with E-state index in [4.69, 9.17) is 12.2 Å². The van der Waals surface area contributed by atoms with Crippen LogP contribution in [0.15, 0.2) is 11.0 Å². The average molecular weight is 237 g/mol. The number of nitrogens with zero attached hydrogens (tertiary/aromatic N) is 1. The SMILES string of the molecule is CN(C)C(=S)SC1=CCS(=O)(=O)C1. The molecule has 0 aromatic heterocycles. The van der Waals surface area contributed by atoms with Crippen LogP contribution >= 0.6 is 24.0 Å². The molecule has 1 rings (SSSR count). The highest BCUT2D eigenvalue weighted by molar-refractivity contribution is 8.25. The van der Waals surface area contributed by atoms with Gasteiger partial charge in [0.1, 0.15) is 4.32 Å². The Morgan fingerprint density at radius 1 is 1.62 bits per heavy atom. The molecule has 0 aromatic rings. The molecule has 0 unspecified atom stereocenters. The minimum absolute atomic E-state index is 0.144. The van der Waals surface area contributed by atoms with Crippen LogP contribution in [-0.4, -0.2) is 43.2 Å². The predicted molar refractivity (Wildman–Crippen MR) is 60.6 cm³/mol. The molecule has 0 bridgehead atoms. The number of sulfone groups is 1. The van der Waals surface area contributed by atoms with Crippen molar-refractivity contribution in [1.82, 2.24) is 4.90 Å². The Morgan fingerprint density at radius 3 is 2.62 bits per heavy atom. The van der Waals surface area contributed by atoms with Crippen molar-refractivity contribution < 1.29 is 8.42 Å². The third kappa shape index (κ3) is 3.28. The van der Waals surface area contributed by atoms with Gasteiger partial charge < -0.3 is 4.90 Å². The number of thiocarbonyl (C=S) groups is 1. The van der Waals surface area contributed by atoms with Gasteiger partial charge >= 0.3 is 0 Å². The summed E-state index contributed by atoms with van der Waals surface area (Å²) in [5, 5.41) is 0. The molecule has 0 aromatic carbocycles. The van der Waals surface area contributed by atoms with Gasteiger partial charge in [0.15, 0.2) is 9.84 Å². The summed E-state index contributed by atoms with van der Waals surface area (Å²) in [5.74, 6) is 0.303. The molecule has 6 heteroatoms. The molecular formula is C7H11NO2S3. The second-order valence-corrected chi connectivity index (χ2v) is 6.86. The highest BCUT2D eigenvalue weighted by atomic mass is 32.2. The molecule has 74 valence electrons. The van der Waals surface area contributed by atoms with Gasteiger partial charge in [-0.25, -0.2) is 8.42 Å². The molecule has 13 heavy (non-hydrogen) atoms. The fourth-order valence-corrected chi connectivity index (χ4v) is 3.73. The molecule has 0 amide bonds. The highest BCUT2D eigenvalue weighted by Crippen LogP contribution is 2.25. The lowest BCUT2D eigenvalue weighted by Gasteiger charge is -2.12. The maximum absolute atomic E-state index is 11.1. The fraction of sp³-hybridized carbons (Fsp3) is 0.571. The lowest BCUT2D eigenvalue weighted by Crippen LogP contribution is -2.16. The topological polar surface area (TPSA) is 37.4 Å². The Balaban J connectivity index is 2.55. The van der Waals surface area contributed by atoms with Crippen molar-refractivity contribution in [3.8, 4) is 0 Å². The molecule has 3 nitrogen and oxygen atoms in total. The third-order valence-corrected chi connectivity index (χ3v) is 4.85. The van der Waals surface area contributed by atoms with Crippen molar-refractivity contribution in [2.75, 3.05) is 25.6 Å². The van der Waals surface area contributed by atoms with Gasteiger partial charge in [0.2, 0.25) is 0 Å². The zero-order valence-electron chi connectivity index (χ0n) is 7.48. The molecular weight excluding hydrogens is 226 g/mol. The van der Waals surface area contributed by atoms with Gasteiger partial charge in [-0.05, 0) is 0 Å². The lowest BCUT2D eigenvalue weighted by atomic mass is 10.6. The van der Waals surface area contributed by atoms with Gasteiger partial charge in [-0.1, -0.05) is 30.1 Å². The maximum atomic E-state index is 11.1. The first-order valence-electron chi connectivity index (χ1n) is 3.69. The molecule has 1 aliphatic rings. The monoisotopic (exact) mass is 237 g/mol. The molecule has 1 heterocycles. The summed E-state index contributed by atoms with van der Waals surface area (Å²) in [6.45, 7) is 0. The number of thioether (sulfide) groups is 1. The van der Waals surface area contributed by atoms with Crippen molar-refractivity contribution >= 4 is 38.1 Å². The first kappa shape index (κ1) is 11.0. The van der Waals surface area contributed by atoms with E-state index in [2.05, 4.69) is 0 Å². The zero-order chi connectivity index (χ0) is 10.1. The minimum Gasteiger partial charge on any atom is -0.363 e. The summed E-state index contributed by atoms with van der Waals surface area (Å²) < 4.78 is 22.8. The molecule has 0 saturated heterocycles. The second-order valence-electron chi connectivity index (χ2n) is 2.99. The smallest absolute Gasteiger partial charge is 0.158 e. The van der Waals surface area contributed by atoms with Crippen LogP contribution in [0.5, 0.6) is 0 Å². The Morgan fingerprint density at radius 2 is 2.23 bits per heavy atom. The Labute approximate surface area is 88.1 Å².